The summed E-state index contributed by atoms with van der Waals surface area (Å²) in [5.41, 5.74) is 0.425. The number of unbranched alkanes of at least 4 members (excludes halogenated alkanes) is 1. The van der Waals surface area contributed by atoms with Crippen molar-refractivity contribution in [2.45, 2.75) is 19.8 Å². The Morgan fingerprint density at radius 3 is 2.67 bits per heavy atom. The van der Waals surface area contributed by atoms with Crippen LogP contribution in [-0.2, 0) is 4.74 Å². The molecule has 0 unspecified atom stereocenters. The molecule has 1 N–H and O–H groups in total. The largest absolute Gasteiger partial charge is 0.508 e. The van der Waals surface area contributed by atoms with E-state index in [-0.39, 0.29) is 5.75 Å². The zero-order valence-corrected chi connectivity index (χ0v) is 8.64. The highest BCUT2D eigenvalue weighted by Gasteiger charge is 2.04. The molecule has 0 saturated heterocycles. The maximum Gasteiger partial charge on any atom is 0.342 e. The summed E-state index contributed by atoms with van der Waals surface area (Å²) in [5, 5.41) is 9.02. The SMILES string of the molecule is CCC/C=C/OC(=O)c1ccc(O)cc1. The van der Waals surface area contributed by atoms with Gasteiger partial charge in [-0.05, 0) is 36.8 Å². The number of phenols is 1. The second-order valence-electron chi connectivity index (χ2n) is 3.11. The Morgan fingerprint density at radius 2 is 2.07 bits per heavy atom. The van der Waals surface area contributed by atoms with Gasteiger partial charge in [0.25, 0.3) is 0 Å². The third-order valence-electron chi connectivity index (χ3n) is 1.83. The standard InChI is InChI=1S/C12H14O3/c1-2-3-4-9-15-12(14)10-5-7-11(13)8-6-10/h4-9,13H,2-3H2,1H3/b9-4+. The Kier molecular flexibility index (Phi) is 4.41. The fourth-order valence-electron chi connectivity index (χ4n) is 1.01. The van der Waals surface area contributed by atoms with E-state index < -0.39 is 5.97 Å². The van der Waals surface area contributed by atoms with Crippen molar-refractivity contribution >= 4 is 5.97 Å². The van der Waals surface area contributed by atoms with Gasteiger partial charge in [-0.15, -0.1) is 0 Å². The Bertz CT molecular complexity index is 338. The number of hydrogen-bond acceptors (Lipinski definition) is 3. The normalized spacial score (nSPS) is 10.5. The van der Waals surface area contributed by atoms with Crippen LogP contribution in [0.5, 0.6) is 5.75 Å². The quantitative estimate of drug-likeness (QED) is 0.608. The van der Waals surface area contributed by atoms with Gasteiger partial charge in [0.1, 0.15) is 5.75 Å². The lowest BCUT2D eigenvalue weighted by Crippen LogP contribution is -1.99. The predicted molar refractivity (Wildman–Crippen MR) is 57.6 cm³/mol. The molecule has 0 radical (unpaired) electrons. The van der Waals surface area contributed by atoms with Gasteiger partial charge in [-0.3, -0.25) is 0 Å². The summed E-state index contributed by atoms with van der Waals surface area (Å²) < 4.78 is 4.87. The van der Waals surface area contributed by atoms with Gasteiger partial charge in [0, 0.05) is 0 Å². The number of carbonyl (C=O) groups excluding carboxylic acids is 1. The number of carbonyl (C=O) groups is 1. The van der Waals surface area contributed by atoms with Crippen LogP contribution in [0.2, 0.25) is 0 Å². The van der Waals surface area contributed by atoms with E-state index >= 15 is 0 Å². The van der Waals surface area contributed by atoms with Crippen molar-refractivity contribution in [1.82, 2.24) is 0 Å². The minimum atomic E-state index is -0.414. The molecule has 0 aliphatic carbocycles. The van der Waals surface area contributed by atoms with Crippen LogP contribution >= 0.6 is 0 Å². The molecule has 80 valence electrons. The molecule has 1 rings (SSSR count). The molecule has 1 aromatic carbocycles. The highest BCUT2D eigenvalue weighted by atomic mass is 16.5. The van der Waals surface area contributed by atoms with Crippen LogP contribution in [0.3, 0.4) is 0 Å². The highest BCUT2D eigenvalue weighted by Crippen LogP contribution is 2.10. The molecule has 3 heteroatoms. The van der Waals surface area contributed by atoms with Gasteiger partial charge in [-0.1, -0.05) is 13.3 Å². The predicted octanol–water partition coefficient (Wildman–Crippen LogP) is 2.86. The van der Waals surface area contributed by atoms with Crippen LogP contribution in [0, 0.1) is 0 Å². The zero-order valence-electron chi connectivity index (χ0n) is 8.64. The van der Waals surface area contributed by atoms with Gasteiger partial charge in [-0.25, -0.2) is 4.79 Å². The van der Waals surface area contributed by atoms with E-state index in [9.17, 15) is 4.79 Å². The van der Waals surface area contributed by atoms with Gasteiger partial charge < -0.3 is 9.84 Å². The molecule has 0 aromatic heterocycles. The molecule has 0 amide bonds. The molecular formula is C12H14O3. The van der Waals surface area contributed by atoms with Crippen LogP contribution in [-0.4, -0.2) is 11.1 Å². The highest BCUT2D eigenvalue weighted by molar-refractivity contribution is 5.89. The Labute approximate surface area is 89.0 Å². The van der Waals surface area contributed by atoms with Crippen molar-refractivity contribution in [3.05, 3.63) is 42.2 Å². The lowest BCUT2D eigenvalue weighted by molar-refractivity contribution is 0.0662. The van der Waals surface area contributed by atoms with Crippen LogP contribution in [0.15, 0.2) is 36.6 Å². The molecule has 0 atom stereocenters. The molecule has 0 saturated carbocycles. The fraction of sp³-hybridized carbons (Fsp3) is 0.250. The third-order valence-corrected chi connectivity index (χ3v) is 1.83. The van der Waals surface area contributed by atoms with Crippen molar-refractivity contribution in [2.75, 3.05) is 0 Å². The van der Waals surface area contributed by atoms with Gasteiger partial charge in [-0.2, -0.15) is 0 Å². The van der Waals surface area contributed by atoms with Crippen molar-refractivity contribution in [3.8, 4) is 5.75 Å². The fourth-order valence-corrected chi connectivity index (χ4v) is 1.01. The second kappa shape index (κ2) is 5.86. The number of rotatable bonds is 4. The summed E-state index contributed by atoms with van der Waals surface area (Å²) in [4.78, 5) is 11.4. The summed E-state index contributed by atoms with van der Waals surface area (Å²) in [6, 6.07) is 5.94. The zero-order chi connectivity index (χ0) is 11.1. The van der Waals surface area contributed by atoms with Crippen LogP contribution in [0.1, 0.15) is 30.1 Å². The van der Waals surface area contributed by atoms with Gasteiger partial charge in [0.2, 0.25) is 0 Å². The summed E-state index contributed by atoms with van der Waals surface area (Å²) in [6.07, 6.45) is 5.12. The first-order chi connectivity index (χ1) is 7.24. The van der Waals surface area contributed by atoms with E-state index in [1.165, 1.54) is 30.5 Å². The average molecular weight is 206 g/mol. The number of ether oxygens (including phenoxy) is 1. The number of benzene rings is 1. The number of esters is 1. The van der Waals surface area contributed by atoms with E-state index in [1.54, 1.807) is 6.08 Å². The smallest absolute Gasteiger partial charge is 0.342 e. The summed E-state index contributed by atoms with van der Waals surface area (Å²) >= 11 is 0. The van der Waals surface area contributed by atoms with Crippen LogP contribution < -0.4 is 0 Å². The summed E-state index contributed by atoms with van der Waals surface area (Å²) in [6.45, 7) is 2.05. The van der Waals surface area contributed by atoms with E-state index in [0.29, 0.717) is 5.56 Å². The monoisotopic (exact) mass is 206 g/mol. The average Bonchev–Trinajstić information content (AvgIpc) is 2.25. The Hall–Kier alpha value is -1.77. The first-order valence-corrected chi connectivity index (χ1v) is 4.89. The van der Waals surface area contributed by atoms with Crippen LogP contribution in [0.4, 0.5) is 0 Å². The Morgan fingerprint density at radius 1 is 1.40 bits per heavy atom. The molecule has 0 heterocycles. The van der Waals surface area contributed by atoms with Crippen molar-refractivity contribution in [2.24, 2.45) is 0 Å². The van der Waals surface area contributed by atoms with E-state index in [0.717, 1.165) is 12.8 Å². The maximum absolute atomic E-state index is 11.4. The Balaban J connectivity index is 2.50. The lowest BCUT2D eigenvalue weighted by atomic mass is 10.2. The number of hydrogen-bond donors (Lipinski definition) is 1. The second-order valence-corrected chi connectivity index (χ2v) is 3.11. The van der Waals surface area contributed by atoms with E-state index in [4.69, 9.17) is 9.84 Å². The lowest BCUT2D eigenvalue weighted by Gasteiger charge is -1.99. The van der Waals surface area contributed by atoms with E-state index in [2.05, 4.69) is 0 Å². The maximum atomic E-state index is 11.4. The minimum absolute atomic E-state index is 0.132. The first-order valence-electron chi connectivity index (χ1n) is 4.89. The molecule has 0 bridgehead atoms. The number of allylic oxidation sites excluding steroid dienone is 1. The summed E-state index contributed by atoms with van der Waals surface area (Å²) in [5.74, 6) is -0.282. The summed E-state index contributed by atoms with van der Waals surface area (Å²) in [7, 11) is 0. The van der Waals surface area contributed by atoms with Crippen molar-refractivity contribution in [3.63, 3.8) is 0 Å². The molecular weight excluding hydrogens is 192 g/mol. The molecule has 0 aliphatic rings. The molecule has 15 heavy (non-hydrogen) atoms. The van der Waals surface area contributed by atoms with Gasteiger partial charge in [0.15, 0.2) is 0 Å². The van der Waals surface area contributed by atoms with E-state index in [1.807, 2.05) is 6.92 Å². The van der Waals surface area contributed by atoms with Crippen molar-refractivity contribution in [1.29, 1.82) is 0 Å². The number of phenolic OH excluding ortho intramolecular Hbond substituents is 1. The van der Waals surface area contributed by atoms with Crippen LogP contribution in [0.25, 0.3) is 0 Å². The molecule has 3 nitrogen and oxygen atoms in total. The minimum Gasteiger partial charge on any atom is -0.508 e. The molecule has 0 spiro atoms. The number of aromatic hydroxyl groups is 1. The molecule has 1 aromatic rings. The topological polar surface area (TPSA) is 46.5 Å². The third kappa shape index (κ3) is 3.85. The van der Waals surface area contributed by atoms with Gasteiger partial charge >= 0.3 is 5.97 Å². The first kappa shape index (κ1) is 11.3. The molecule has 0 fully saturated rings. The van der Waals surface area contributed by atoms with Crippen molar-refractivity contribution < 1.29 is 14.6 Å². The van der Waals surface area contributed by atoms with Gasteiger partial charge in [0.05, 0.1) is 11.8 Å². The molecule has 0 aliphatic heterocycles.